The van der Waals surface area contributed by atoms with Crippen molar-refractivity contribution >= 4 is 11.8 Å². The summed E-state index contributed by atoms with van der Waals surface area (Å²) >= 11 is 0. The van der Waals surface area contributed by atoms with Crippen LogP contribution in [0.5, 0.6) is 0 Å². The van der Waals surface area contributed by atoms with Crippen LogP contribution in [-0.4, -0.2) is 18.9 Å². The second kappa shape index (κ2) is 3.13. The van der Waals surface area contributed by atoms with Gasteiger partial charge in [-0.05, 0) is 25.2 Å². The molecule has 0 amide bonds. The fraction of sp³-hybridized carbons (Fsp3) is 0.800. The zero-order valence-corrected chi connectivity index (χ0v) is 7.79. The molecule has 2 aliphatic carbocycles. The third kappa shape index (κ3) is 1.36. The second-order valence-electron chi connectivity index (χ2n) is 4.06. The van der Waals surface area contributed by atoms with Gasteiger partial charge >= 0.3 is 5.97 Å². The van der Waals surface area contributed by atoms with Crippen LogP contribution < -0.4 is 0 Å². The van der Waals surface area contributed by atoms with Crippen molar-refractivity contribution in [3.63, 3.8) is 0 Å². The molecule has 2 saturated carbocycles. The van der Waals surface area contributed by atoms with E-state index < -0.39 is 0 Å². The summed E-state index contributed by atoms with van der Waals surface area (Å²) < 4.78 is 4.73. The number of fused-ring (bicyclic) bond motifs is 2. The highest BCUT2D eigenvalue weighted by molar-refractivity contribution is 5.84. The van der Waals surface area contributed by atoms with Crippen molar-refractivity contribution in [3.05, 3.63) is 0 Å². The molecule has 2 bridgehead atoms. The van der Waals surface area contributed by atoms with Gasteiger partial charge in [0.05, 0.1) is 13.0 Å². The number of carbonyl (C=O) groups is 2. The second-order valence-corrected chi connectivity index (χ2v) is 4.06. The number of esters is 1. The van der Waals surface area contributed by atoms with Gasteiger partial charge in [-0.2, -0.15) is 0 Å². The molecule has 2 fully saturated rings. The molecule has 0 N–H and O–H groups in total. The fourth-order valence-electron chi connectivity index (χ4n) is 2.68. The Morgan fingerprint density at radius 3 is 2.85 bits per heavy atom. The molecular weight excluding hydrogens is 168 g/mol. The summed E-state index contributed by atoms with van der Waals surface area (Å²) in [4.78, 5) is 22.7. The first kappa shape index (κ1) is 8.73. The highest BCUT2D eigenvalue weighted by Crippen LogP contribution is 2.44. The SMILES string of the molecule is COC(=O)C1CC2CC1CCC2=O. The molecule has 0 aliphatic heterocycles. The van der Waals surface area contributed by atoms with E-state index in [1.165, 1.54) is 7.11 Å². The summed E-state index contributed by atoms with van der Waals surface area (Å²) in [6.07, 6.45) is 3.20. The Morgan fingerprint density at radius 1 is 1.46 bits per heavy atom. The number of hydrogen-bond acceptors (Lipinski definition) is 3. The van der Waals surface area contributed by atoms with Gasteiger partial charge < -0.3 is 4.74 Å². The van der Waals surface area contributed by atoms with E-state index in [9.17, 15) is 9.59 Å². The topological polar surface area (TPSA) is 43.4 Å². The molecular formula is C10H14O3. The number of methoxy groups -OCH3 is 1. The Bertz CT molecular complexity index is 247. The standard InChI is InChI=1S/C10H14O3/c1-13-10(12)8-5-7-4-6(8)2-3-9(7)11/h6-8H,2-5H2,1H3. The third-order valence-electron chi connectivity index (χ3n) is 3.42. The summed E-state index contributed by atoms with van der Waals surface area (Å²) in [7, 11) is 1.42. The molecule has 0 spiro atoms. The van der Waals surface area contributed by atoms with Gasteiger partial charge in [0.2, 0.25) is 0 Å². The monoisotopic (exact) mass is 182 g/mol. The Kier molecular flexibility index (Phi) is 2.10. The first-order valence-electron chi connectivity index (χ1n) is 4.83. The zero-order chi connectivity index (χ0) is 9.42. The molecule has 0 aromatic rings. The van der Waals surface area contributed by atoms with Gasteiger partial charge in [-0.25, -0.2) is 0 Å². The van der Waals surface area contributed by atoms with Crippen molar-refractivity contribution < 1.29 is 14.3 Å². The van der Waals surface area contributed by atoms with Gasteiger partial charge in [0.25, 0.3) is 0 Å². The van der Waals surface area contributed by atoms with Crippen molar-refractivity contribution in [2.24, 2.45) is 17.8 Å². The van der Waals surface area contributed by atoms with Gasteiger partial charge in [0.1, 0.15) is 5.78 Å². The smallest absolute Gasteiger partial charge is 0.308 e. The van der Waals surface area contributed by atoms with Crippen LogP contribution in [0.1, 0.15) is 25.7 Å². The predicted molar refractivity (Wildman–Crippen MR) is 46.0 cm³/mol. The third-order valence-corrected chi connectivity index (χ3v) is 3.42. The molecule has 3 atom stereocenters. The molecule has 13 heavy (non-hydrogen) atoms. The average Bonchev–Trinajstić information content (AvgIpc) is 2.50. The number of Topliss-reactive ketones (excluding diaryl/α,β-unsaturated/α-hetero) is 1. The number of ether oxygens (including phenoxy) is 1. The lowest BCUT2D eigenvalue weighted by atomic mass is 9.86. The van der Waals surface area contributed by atoms with Crippen LogP contribution >= 0.6 is 0 Å². The van der Waals surface area contributed by atoms with Crippen LogP contribution in [-0.2, 0) is 14.3 Å². The van der Waals surface area contributed by atoms with E-state index in [2.05, 4.69) is 0 Å². The molecule has 2 rings (SSSR count). The summed E-state index contributed by atoms with van der Waals surface area (Å²) in [6.45, 7) is 0. The fourth-order valence-corrected chi connectivity index (χ4v) is 2.68. The van der Waals surface area contributed by atoms with Gasteiger partial charge in [0, 0.05) is 12.3 Å². The van der Waals surface area contributed by atoms with Gasteiger partial charge in [-0.15, -0.1) is 0 Å². The minimum absolute atomic E-state index is 0.00134. The molecule has 2 aliphatic rings. The van der Waals surface area contributed by atoms with E-state index in [1.807, 2.05) is 0 Å². The first-order chi connectivity index (χ1) is 6.22. The molecule has 0 aromatic heterocycles. The lowest BCUT2D eigenvalue weighted by molar-refractivity contribution is -0.146. The van der Waals surface area contributed by atoms with Crippen molar-refractivity contribution in [2.45, 2.75) is 25.7 Å². The van der Waals surface area contributed by atoms with Crippen molar-refractivity contribution in [2.75, 3.05) is 7.11 Å². The number of hydrogen-bond donors (Lipinski definition) is 0. The number of rotatable bonds is 1. The lowest BCUT2D eigenvalue weighted by Crippen LogP contribution is -2.21. The highest BCUT2D eigenvalue weighted by atomic mass is 16.5. The van der Waals surface area contributed by atoms with E-state index in [1.54, 1.807) is 0 Å². The Morgan fingerprint density at radius 2 is 2.23 bits per heavy atom. The Labute approximate surface area is 77.4 Å². The van der Waals surface area contributed by atoms with E-state index in [0.29, 0.717) is 18.1 Å². The molecule has 0 radical (unpaired) electrons. The van der Waals surface area contributed by atoms with Crippen molar-refractivity contribution in [3.8, 4) is 0 Å². The largest absolute Gasteiger partial charge is 0.469 e. The Balaban J connectivity index is 2.10. The van der Waals surface area contributed by atoms with Gasteiger partial charge in [0.15, 0.2) is 0 Å². The van der Waals surface area contributed by atoms with Gasteiger partial charge in [-0.1, -0.05) is 0 Å². The van der Waals surface area contributed by atoms with Gasteiger partial charge in [-0.3, -0.25) is 9.59 Å². The van der Waals surface area contributed by atoms with E-state index >= 15 is 0 Å². The van der Waals surface area contributed by atoms with Crippen LogP contribution in [0.25, 0.3) is 0 Å². The van der Waals surface area contributed by atoms with Crippen LogP contribution in [0.4, 0.5) is 0 Å². The number of carbonyl (C=O) groups excluding carboxylic acids is 2. The molecule has 0 aromatic carbocycles. The summed E-state index contributed by atoms with van der Waals surface area (Å²) in [6, 6.07) is 0. The lowest BCUT2D eigenvalue weighted by Gasteiger charge is -2.18. The van der Waals surface area contributed by atoms with Crippen molar-refractivity contribution in [1.29, 1.82) is 0 Å². The van der Waals surface area contributed by atoms with E-state index in [4.69, 9.17) is 4.74 Å². The quantitative estimate of drug-likeness (QED) is 0.571. The molecule has 3 unspecified atom stereocenters. The number of ketones is 1. The summed E-state index contributed by atoms with van der Waals surface area (Å²) in [5.74, 6) is 0.796. The minimum atomic E-state index is -0.123. The summed E-state index contributed by atoms with van der Waals surface area (Å²) in [5.41, 5.74) is 0. The Hall–Kier alpha value is -0.860. The highest BCUT2D eigenvalue weighted by Gasteiger charge is 2.44. The predicted octanol–water partition coefficient (Wildman–Crippen LogP) is 1.16. The maximum Gasteiger partial charge on any atom is 0.308 e. The van der Waals surface area contributed by atoms with E-state index in [-0.39, 0.29) is 17.8 Å². The van der Waals surface area contributed by atoms with Crippen LogP contribution in [0.15, 0.2) is 0 Å². The van der Waals surface area contributed by atoms with Crippen LogP contribution in [0.3, 0.4) is 0 Å². The first-order valence-corrected chi connectivity index (χ1v) is 4.83. The van der Waals surface area contributed by atoms with E-state index in [0.717, 1.165) is 19.3 Å². The van der Waals surface area contributed by atoms with Crippen LogP contribution in [0.2, 0.25) is 0 Å². The maximum absolute atomic E-state index is 11.4. The summed E-state index contributed by atoms with van der Waals surface area (Å²) in [5, 5.41) is 0. The molecule has 0 heterocycles. The average molecular weight is 182 g/mol. The minimum Gasteiger partial charge on any atom is -0.469 e. The molecule has 3 heteroatoms. The van der Waals surface area contributed by atoms with Crippen molar-refractivity contribution in [1.82, 2.24) is 0 Å². The normalized spacial score (nSPS) is 37.6. The maximum atomic E-state index is 11.4. The zero-order valence-electron chi connectivity index (χ0n) is 7.79. The molecule has 3 nitrogen and oxygen atoms in total. The van der Waals surface area contributed by atoms with Crippen LogP contribution in [0, 0.1) is 17.8 Å². The molecule has 0 saturated heterocycles. The molecule has 72 valence electrons.